The molecule has 0 unspecified atom stereocenters. The Kier molecular flexibility index (Phi) is 28.9. The Balaban J connectivity index is 0.921. The third-order valence-corrected chi connectivity index (χ3v) is 24.2. The zero-order chi connectivity index (χ0) is 92.0. The van der Waals surface area contributed by atoms with Gasteiger partial charge in [0.1, 0.15) is 95.5 Å². The van der Waals surface area contributed by atoms with Crippen molar-refractivity contribution in [3.8, 4) is 68.2 Å². The number of carbonyl (C=O) groups excluding carboxylic acids is 8. The van der Waals surface area contributed by atoms with Gasteiger partial charge in [0, 0.05) is 48.2 Å². The maximum absolute atomic E-state index is 16.5. The van der Waals surface area contributed by atoms with Crippen molar-refractivity contribution in [1.82, 2.24) is 47.9 Å². The van der Waals surface area contributed by atoms with Crippen LogP contribution in [0.5, 0.6) is 46.0 Å². The van der Waals surface area contributed by atoms with Crippen molar-refractivity contribution in [2.75, 3.05) is 20.2 Å². The molecule has 0 aromatic heterocycles. The Hall–Kier alpha value is -12.3. The van der Waals surface area contributed by atoms with E-state index in [1.54, 1.807) is 13.8 Å². The van der Waals surface area contributed by atoms with E-state index in [1.807, 2.05) is 129 Å². The largest absolute Gasteiger partial charge is 0.508 e. The maximum Gasteiger partial charge on any atom is 0.248 e. The number of ether oxygens (including phenoxy) is 6. The molecule has 0 saturated carbocycles. The molecule has 8 amide bonds. The zero-order valence-electron chi connectivity index (χ0n) is 70.5. The molecule has 18 atom stereocenters. The fraction of sp³-hybridized carbons (Fsp3) is 0.340. The number of carbonyl (C=O) groups is 8. The van der Waals surface area contributed by atoms with Gasteiger partial charge in [-0.05, 0) is 150 Å². The third-order valence-electron chi connectivity index (χ3n) is 23.6. The molecule has 7 heterocycles. The summed E-state index contributed by atoms with van der Waals surface area (Å²) in [6, 6.07) is 36.9. The van der Waals surface area contributed by atoms with Gasteiger partial charge in [-0.25, -0.2) is 0 Å². The van der Waals surface area contributed by atoms with Crippen LogP contribution < -0.4 is 67.8 Å². The number of halogens is 2. The molecule has 16 rings (SSSR count). The van der Waals surface area contributed by atoms with Crippen LogP contribution in [0.15, 0.2) is 194 Å². The van der Waals surface area contributed by atoms with Crippen molar-refractivity contribution >= 4 is 70.5 Å². The second kappa shape index (κ2) is 40.1. The monoisotopic (exact) mass is 1810 g/mol. The molecule has 7 aliphatic heterocycles. The second-order valence-electron chi connectivity index (χ2n) is 33.2. The van der Waals surface area contributed by atoms with E-state index in [4.69, 9.17) is 57.4 Å². The Morgan fingerprint density at radius 1 is 0.620 bits per heavy atom. The van der Waals surface area contributed by atoms with Crippen LogP contribution in [0.2, 0.25) is 10.0 Å². The number of fused-ring (bicyclic) bond motifs is 15. The standard InChI is InChI=1S/C94H100Cl2N10O23/c1-45(2)33-62(98-5)86(117)105-77-79(112)53-26-29-66(60(95)35-53)125-68-37-55-38-69(83(68)129-93-84(82(115)81(114)70(44-107)127-93)128-72-42-94(4,85(116)46(3)124-72)100-43-47-21-23-49(24-22-47)48-15-9-6-10-16-48)126-67-30-27-54(36-61(67)96)80(113)78-92(123)104-76(88(119)99-32-31-57(50-17-11-7-12-18-50)51-19-13-8-14-20-51)59-39-56(108)40-65(110)73(59)58-34-52(25-28-64(58)109)74(89(120)106-78)103-90(121)75(55)102-87(118)63(41-71(97)111)101-91(77)122/h6-30,34-40,45-46,57,62-63,70,72,74-82,84-85,93,98,100,107-110,112-116H,31-33,41-44H2,1-5H3,(H2,97,111)(H,99,119)(H,101,122)(H,102,118)(H,103,121)(H,104,123)(H,105,117)(H,106,120)/t46-,62+,63-,70+,72-,74+,75+,76-,77+,78-,79+,80+,81+,82-,84+,85-,93-,94-/m0/s1. The topological polar surface area (TPSA) is 508 Å². The van der Waals surface area contributed by atoms with Gasteiger partial charge in [0.25, 0.3) is 0 Å². The van der Waals surface area contributed by atoms with Gasteiger partial charge in [-0.1, -0.05) is 171 Å². The van der Waals surface area contributed by atoms with Crippen molar-refractivity contribution in [3.05, 3.63) is 249 Å². The van der Waals surface area contributed by atoms with Gasteiger partial charge in [-0.2, -0.15) is 0 Å². The minimum absolute atomic E-state index is 0.0818. The lowest BCUT2D eigenvalue weighted by molar-refractivity contribution is -0.334. The molecule has 678 valence electrons. The van der Waals surface area contributed by atoms with Gasteiger partial charge in [-0.3, -0.25) is 38.4 Å². The number of aliphatic hydroxyl groups excluding tert-OH is 6. The molecule has 20 N–H and O–H groups in total. The summed E-state index contributed by atoms with van der Waals surface area (Å²) < 4.78 is 39.9. The molecule has 0 radical (unpaired) electrons. The minimum atomic E-state index is -2.36. The number of aromatic hydroxyl groups is 3. The molecule has 0 spiro atoms. The summed E-state index contributed by atoms with van der Waals surface area (Å²) >= 11 is 14.5. The Labute approximate surface area is 750 Å². The highest BCUT2D eigenvalue weighted by Crippen LogP contribution is 2.50. The average molecular weight is 1810 g/mol. The molecule has 9 aromatic carbocycles. The molecule has 9 aromatic rings. The molecule has 2 fully saturated rings. The van der Waals surface area contributed by atoms with E-state index in [0.717, 1.165) is 82.4 Å². The molecule has 129 heavy (non-hydrogen) atoms. The fourth-order valence-corrected chi connectivity index (χ4v) is 17.2. The van der Waals surface area contributed by atoms with Crippen LogP contribution >= 0.6 is 23.2 Å². The number of phenols is 3. The first-order valence-corrected chi connectivity index (χ1v) is 42.7. The lowest BCUT2D eigenvalue weighted by Gasteiger charge is -2.48. The summed E-state index contributed by atoms with van der Waals surface area (Å²) in [6.07, 6.45) is -18.3. The first-order valence-electron chi connectivity index (χ1n) is 42.0. The highest BCUT2D eigenvalue weighted by atomic mass is 35.5. The van der Waals surface area contributed by atoms with Crippen LogP contribution in [0.3, 0.4) is 0 Å². The van der Waals surface area contributed by atoms with Gasteiger partial charge in [0.2, 0.25) is 59.3 Å². The minimum Gasteiger partial charge on any atom is -0.508 e. The second-order valence-corrected chi connectivity index (χ2v) is 34.0. The molecule has 2 saturated heterocycles. The van der Waals surface area contributed by atoms with Crippen molar-refractivity contribution in [1.29, 1.82) is 0 Å². The average Bonchev–Trinajstić information content (AvgIpc) is 0.765. The number of rotatable bonds is 22. The van der Waals surface area contributed by atoms with Crippen molar-refractivity contribution in [3.63, 3.8) is 0 Å². The van der Waals surface area contributed by atoms with E-state index in [0.29, 0.717) is 0 Å². The number of primary amides is 1. The smallest absolute Gasteiger partial charge is 0.248 e. The molecule has 7 aliphatic rings. The van der Waals surface area contributed by atoms with Crippen LogP contribution in [0.1, 0.15) is 134 Å². The SMILES string of the molecule is CN[C@H](CC(C)C)C(=O)N[C@H]1C(=O)N[C@@H](CC(N)=O)C(=O)N[C@H]2C(=O)N[C@H]3C(=O)N[C@H](C(=O)N[C@H](C(=O)NCCC(c4ccccc4)c4ccccc4)c4cc(O)cc(O)c4-c4cc3ccc4O)[C@H](O)c3ccc(c(Cl)c3)Oc3cc2cc(c3O[C@@H]2O[C@H](CO)[C@@H](O)[C@H](O)[C@H]2O[C@H]2C[C@](C)(NCc3ccc(-c4ccccc4)cc3)[C@@H](O)[C@H](C)O2)Oc2ccc(cc2Cl)[C@H]1O. The van der Waals surface area contributed by atoms with E-state index < -0.39 is 220 Å². The van der Waals surface area contributed by atoms with E-state index in [2.05, 4.69) is 47.9 Å². The summed E-state index contributed by atoms with van der Waals surface area (Å²) in [5.74, 6) is -14.9. The van der Waals surface area contributed by atoms with Crippen LogP contribution in [-0.4, -0.2) is 192 Å². The van der Waals surface area contributed by atoms with Crippen molar-refractivity contribution < 1.29 is 113 Å². The normalized spacial score (nSPS) is 25.5. The van der Waals surface area contributed by atoms with Crippen LogP contribution in [-0.2, 0) is 59.1 Å². The molecule has 35 heteroatoms. The maximum atomic E-state index is 16.5. The summed E-state index contributed by atoms with van der Waals surface area (Å²) in [4.78, 5) is 122. The number of amides is 8. The van der Waals surface area contributed by atoms with E-state index in [-0.39, 0.29) is 88.5 Å². The number of likely N-dealkylation sites (N-methyl/N-ethyl adjacent to an activating group) is 1. The number of phenolic OH excluding ortho intramolecular Hbond substituents is 3. The Morgan fingerprint density at radius 2 is 1.21 bits per heavy atom. The molecule has 11 bridgehead atoms. The number of benzene rings is 9. The fourth-order valence-electron chi connectivity index (χ4n) is 16.7. The van der Waals surface area contributed by atoms with E-state index in [1.165, 1.54) is 31.3 Å². The van der Waals surface area contributed by atoms with Gasteiger partial charge in [-0.15, -0.1) is 0 Å². The Bertz CT molecular complexity index is 5600. The molecule has 0 aliphatic carbocycles. The summed E-state index contributed by atoms with van der Waals surface area (Å²) in [5.41, 5.74) is 6.90. The lowest BCUT2D eigenvalue weighted by Crippen LogP contribution is -2.65. The lowest BCUT2D eigenvalue weighted by atomic mass is 9.84. The van der Waals surface area contributed by atoms with Crippen LogP contribution in [0, 0.1) is 5.92 Å². The zero-order valence-corrected chi connectivity index (χ0v) is 72.0. The number of hydrogen-bond acceptors (Lipinski definition) is 25. The summed E-state index contributed by atoms with van der Waals surface area (Å²) in [5, 5.41) is 132. The molecular formula is C94H100Cl2N10O23. The number of nitrogens with one attached hydrogen (secondary N) is 9. The predicted molar refractivity (Wildman–Crippen MR) is 469 cm³/mol. The summed E-state index contributed by atoms with van der Waals surface area (Å²) in [6.45, 7) is 6.16. The molecular weight excluding hydrogens is 1710 g/mol. The highest BCUT2D eigenvalue weighted by molar-refractivity contribution is 6.32. The predicted octanol–water partition coefficient (Wildman–Crippen LogP) is 6.86. The van der Waals surface area contributed by atoms with Crippen molar-refractivity contribution in [2.24, 2.45) is 11.7 Å². The quantitative estimate of drug-likeness (QED) is 0.0329. The Morgan fingerprint density at radius 3 is 1.81 bits per heavy atom. The van der Waals surface area contributed by atoms with Crippen LogP contribution in [0.4, 0.5) is 0 Å². The number of nitrogens with two attached hydrogens (primary N) is 1. The first-order chi connectivity index (χ1) is 61.7. The summed E-state index contributed by atoms with van der Waals surface area (Å²) in [7, 11) is 1.49. The number of aliphatic hydroxyl groups is 6. The van der Waals surface area contributed by atoms with Gasteiger partial charge < -0.3 is 128 Å². The van der Waals surface area contributed by atoms with Crippen molar-refractivity contribution in [2.45, 2.75) is 175 Å². The first kappa shape index (κ1) is 92.8. The van der Waals surface area contributed by atoms with E-state index in [9.17, 15) is 55.5 Å². The van der Waals surface area contributed by atoms with Gasteiger partial charge >= 0.3 is 0 Å². The van der Waals surface area contributed by atoms with E-state index >= 15 is 28.8 Å². The van der Waals surface area contributed by atoms with Crippen LogP contribution in [0.25, 0.3) is 22.3 Å². The van der Waals surface area contributed by atoms with Gasteiger partial charge in [0.15, 0.2) is 23.9 Å². The third kappa shape index (κ3) is 20.9. The highest BCUT2D eigenvalue weighted by Gasteiger charge is 2.52. The molecule has 33 nitrogen and oxygen atoms in total. The van der Waals surface area contributed by atoms with Gasteiger partial charge in [0.05, 0.1) is 41.3 Å². The number of hydrogen-bond donors (Lipinski definition) is 19.